The van der Waals surface area contributed by atoms with E-state index in [9.17, 15) is 4.39 Å². The molecule has 0 bridgehead atoms. The maximum Gasteiger partial charge on any atom is 0.123 e. The van der Waals surface area contributed by atoms with Gasteiger partial charge in [0.05, 0.1) is 6.10 Å². The fourth-order valence-corrected chi connectivity index (χ4v) is 5.48. The molecule has 162 valence electrons. The predicted molar refractivity (Wildman–Crippen MR) is 120 cm³/mol. The molecule has 5 heteroatoms. The molecule has 2 aliphatic heterocycles. The second kappa shape index (κ2) is 9.57. The van der Waals surface area contributed by atoms with Crippen LogP contribution in [0.15, 0.2) is 42.5 Å². The van der Waals surface area contributed by atoms with Crippen LogP contribution in [0.2, 0.25) is 0 Å². The zero-order valence-corrected chi connectivity index (χ0v) is 18.1. The van der Waals surface area contributed by atoms with Gasteiger partial charge in [-0.1, -0.05) is 31.4 Å². The van der Waals surface area contributed by atoms with Gasteiger partial charge >= 0.3 is 0 Å². The summed E-state index contributed by atoms with van der Waals surface area (Å²) in [4.78, 5) is 0. The standard InChI is InChI=1S/C25H30FNO2.ClH/c26-19-10-8-17(9-11-19)16-29-20-12-13-23-22(15-20)25-21(7-4-14-28-25)24(27-23)18-5-2-1-3-6-18;/h8-13,15,18,21,24-25,27H,1-7,14,16H2;1H/t21-,24+,25-;/m0./s1. The number of rotatable bonds is 4. The molecule has 2 aromatic carbocycles. The Morgan fingerprint density at radius 1 is 0.967 bits per heavy atom. The van der Waals surface area contributed by atoms with E-state index in [1.54, 1.807) is 12.1 Å². The second-order valence-electron chi connectivity index (χ2n) is 8.83. The van der Waals surface area contributed by atoms with Crippen LogP contribution in [0.25, 0.3) is 0 Å². The molecule has 3 aliphatic rings. The highest BCUT2D eigenvalue weighted by Crippen LogP contribution is 2.48. The van der Waals surface area contributed by atoms with Crippen molar-refractivity contribution < 1.29 is 13.9 Å². The molecule has 0 spiro atoms. The van der Waals surface area contributed by atoms with E-state index in [4.69, 9.17) is 9.47 Å². The van der Waals surface area contributed by atoms with Crippen LogP contribution in [0.3, 0.4) is 0 Å². The number of benzene rings is 2. The van der Waals surface area contributed by atoms with E-state index < -0.39 is 0 Å². The van der Waals surface area contributed by atoms with Crippen LogP contribution < -0.4 is 10.1 Å². The van der Waals surface area contributed by atoms with Crippen LogP contribution in [-0.2, 0) is 11.3 Å². The summed E-state index contributed by atoms with van der Waals surface area (Å²) in [6.45, 7) is 1.28. The quantitative estimate of drug-likeness (QED) is 0.586. The molecule has 1 saturated heterocycles. The fraction of sp³-hybridized carbons (Fsp3) is 0.520. The zero-order chi connectivity index (χ0) is 19.6. The lowest BCUT2D eigenvalue weighted by Gasteiger charge is -2.47. The number of halogens is 2. The van der Waals surface area contributed by atoms with Gasteiger partial charge in [0.15, 0.2) is 0 Å². The van der Waals surface area contributed by atoms with Gasteiger partial charge < -0.3 is 14.8 Å². The van der Waals surface area contributed by atoms with Crippen molar-refractivity contribution in [2.75, 3.05) is 11.9 Å². The van der Waals surface area contributed by atoms with Gasteiger partial charge in [-0.25, -0.2) is 4.39 Å². The first kappa shape index (κ1) is 21.5. The maximum absolute atomic E-state index is 13.1. The molecule has 0 radical (unpaired) electrons. The van der Waals surface area contributed by atoms with E-state index in [0.29, 0.717) is 18.6 Å². The van der Waals surface area contributed by atoms with E-state index in [1.807, 2.05) is 6.07 Å². The highest BCUT2D eigenvalue weighted by atomic mass is 35.5. The van der Waals surface area contributed by atoms with Crippen LogP contribution >= 0.6 is 12.4 Å². The van der Waals surface area contributed by atoms with Crippen LogP contribution in [-0.4, -0.2) is 12.6 Å². The van der Waals surface area contributed by atoms with Gasteiger partial charge in [-0.05, 0) is 67.5 Å². The third kappa shape index (κ3) is 4.45. The van der Waals surface area contributed by atoms with Crippen LogP contribution in [0, 0.1) is 17.7 Å². The molecule has 2 heterocycles. The smallest absolute Gasteiger partial charge is 0.123 e. The molecular formula is C25H31ClFNO2. The van der Waals surface area contributed by atoms with E-state index in [1.165, 1.54) is 61.9 Å². The van der Waals surface area contributed by atoms with E-state index in [2.05, 4.69) is 17.4 Å². The molecule has 0 aromatic heterocycles. The van der Waals surface area contributed by atoms with Gasteiger partial charge in [0, 0.05) is 29.8 Å². The number of nitrogens with one attached hydrogen (secondary N) is 1. The number of hydrogen-bond acceptors (Lipinski definition) is 3. The lowest BCUT2D eigenvalue weighted by Crippen LogP contribution is -2.46. The summed E-state index contributed by atoms with van der Waals surface area (Å²) in [6.07, 6.45) is 9.36. The minimum absolute atomic E-state index is 0. The topological polar surface area (TPSA) is 30.5 Å². The highest BCUT2D eigenvalue weighted by molar-refractivity contribution is 5.85. The molecular weight excluding hydrogens is 401 g/mol. The molecule has 1 N–H and O–H groups in total. The average Bonchev–Trinajstić information content (AvgIpc) is 2.79. The van der Waals surface area contributed by atoms with Gasteiger partial charge in [-0.15, -0.1) is 12.4 Å². The predicted octanol–water partition coefficient (Wildman–Crippen LogP) is 6.67. The van der Waals surface area contributed by atoms with Crippen molar-refractivity contribution in [1.82, 2.24) is 0 Å². The Bertz CT molecular complexity index is 838. The third-order valence-electron chi connectivity index (χ3n) is 6.96. The molecule has 3 nitrogen and oxygen atoms in total. The zero-order valence-electron chi connectivity index (χ0n) is 17.3. The molecule has 2 aromatic rings. The number of ether oxygens (including phenoxy) is 2. The van der Waals surface area contributed by atoms with Crippen LogP contribution in [0.1, 0.15) is 62.2 Å². The van der Waals surface area contributed by atoms with Gasteiger partial charge in [0.2, 0.25) is 0 Å². The fourth-order valence-electron chi connectivity index (χ4n) is 5.48. The van der Waals surface area contributed by atoms with E-state index >= 15 is 0 Å². The molecule has 30 heavy (non-hydrogen) atoms. The normalized spacial score (nSPS) is 26.0. The summed E-state index contributed by atoms with van der Waals surface area (Å²) in [5, 5.41) is 3.90. The minimum atomic E-state index is -0.221. The Morgan fingerprint density at radius 2 is 1.77 bits per heavy atom. The molecule has 1 saturated carbocycles. The van der Waals surface area contributed by atoms with Gasteiger partial charge in [0.25, 0.3) is 0 Å². The van der Waals surface area contributed by atoms with Crippen molar-refractivity contribution >= 4 is 18.1 Å². The summed E-state index contributed by atoms with van der Waals surface area (Å²) in [5.41, 5.74) is 3.41. The Morgan fingerprint density at radius 3 is 2.57 bits per heavy atom. The Labute approximate surface area is 184 Å². The number of anilines is 1. The van der Waals surface area contributed by atoms with Crippen LogP contribution in [0.4, 0.5) is 10.1 Å². The summed E-state index contributed by atoms with van der Waals surface area (Å²) >= 11 is 0. The van der Waals surface area contributed by atoms with Crippen molar-refractivity contribution in [3.05, 3.63) is 59.4 Å². The molecule has 1 aliphatic carbocycles. The number of hydrogen-bond donors (Lipinski definition) is 1. The van der Waals surface area contributed by atoms with Crippen molar-refractivity contribution in [2.24, 2.45) is 11.8 Å². The third-order valence-corrected chi connectivity index (χ3v) is 6.96. The maximum atomic E-state index is 13.1. The van der Waals surface area contributed by atoms with Crippen molar-refractivity contribution in [2.45, 2.75) is 63.7 Å². The first-order chi connectivity index (χ1) is 14.3. The lowest BCUT2D eigenvalue weighted by molar-refractivity contribution is -0.0459. The molecule has 3 atom stereocenters. The first-order valence-corrected chi connectivity index (χ1v) is 11.2. The Kier molecular flexibility index (Phi) is 6.84. The minimum Gasteiger partial charge on any atom is -0.489 e. The monoisotopic (exact) mass is 431 g/mol. The van der Waals surface area contributed by atoms with Crippen molar-refractivity contribution in [3.63, 3.8) is 0 Å². The molecule has 2 fully saturated rings. The summed E-state index contributed by atoms with van der Waals surface area (Å²) in [7, 11) is 0. The van der Waals surface area contributed by atoms with Gasteiger partial charge in [0.1, 0.15) is 18.2 Å². The Balaban J connectivity index is 0.00000218. The molecule has 0 unspecified atom stereocenters. The average molecular weight is 432 g/mol. The van der Waals surface area contributed by atoms with Gasteiger partial charge in [-0.3, -0.25) is 0 Å². The highest BCUT2D eigenvalue weighted by Gasteiger charge is 2.42. The SMILES string of the molecule is Cl.Fc1ccc(COc2ccc3c(c2)[C@H]2OCCC[C@H]2[C@@H](C2CCCCC2)N3)cc1. The summed E-state index contributed by atoms with van der Waals surface area (Å²) in [6, 6.07) is 13.3. The second-order valence-corrected chi connectivity index (χ2v) is 8.83. The van der Waals surface area contributed by atoms with Crippen LogP contribution in [0.5, 0.6) is 5.75 Å². The van der Waals surface area contributed by atoms with E-state index in [0.717, 1.165) is 30.3 Å². The molecule has 5 rings (SSSR count). The lowest BCUT2D eigenvalue weighted by atomic mass is 9.71. The number of fused-ring (bicyclic) bond motifs is 3. The van der Waals surface area contributed by atoms with E-state index in [-0.39, 0.29) is 24.3 Å². The van der Waals surface area contributed by atoms with Gasteiger partial charge in [-0.2, -0.15) is 0 Å². The largest absolute Gasteiger partial charge is 0.489 e. The van der Waals surface area contributed by atoms with Crippen molar-refractivity contribution in [1.29, 1.82) is 0 Å². The molecule has 0 amide bonds. The summed E-state index contributed by atoms with van der Waals surface area (Å²) in [5.74, 6) is 1.94. The first-order valence-electron chi connectivity index (χ1n) is 11.2. The Hall–Kier alpha value is -1.78. The summed E-state index contributed by atoms with van der Waals surface area (Å²) < 4.78 is 25.4. The van der Waals surface area contributed by atoms with Crippen molar-refractivity contribution in [3.8, 4) is 5.75 Å².